The molecule has 0 aliphatic carbocycles. The van der Waals surface area contributed by atoms with Crippen molar-refractivity contribution in [2.75, 3.05) is 17.7 Å². The molecule has 21 heavy (non-hydrogen) atoms. The van der Waals surface area contributed by atoms with Gasteiger partial charge in [0.05, 0.1) is 10.6 Å². The van der Waals surface area contributed by atoms with Crippen LogP contribution in [0, 0.1) is 24.0 Å². The lowest BCUT2D eigenvalue weighted by Gasteiger charge is -2.06. The highest BCUT2D eigenvalue weighted by molar-refractivity contribution is 6.04. The topological polar surface area (TPSA) is 110 Å². The number of nitro benzene ring substituents is 1. The summed E-state index contributed by atoms with van der Waals surface area (Å²) in [6, 6.07) is 4.07. The van der Waals surface area contributed by atoms with Crippen LogP contribution in [0.25, 0.3) is 0 Å². The molecule has 8 nitrogen and oxygen atoms in total. The molecule has 2 aromatic rings. The highest BCUT2D eigenvalue weighted by Crippen LogP contribution is 2.26. The van der Waals surface area contributed by atoms with Crippen LogP contribution in [0.4, 0.5) is 17.3 Å². The van der Waals surface area contributed by atoms with Crippen molar-refractivity contribution >= 4 is 23.2 Å². The molecule has 0 saturated heterocycles. The summed E-state index contributed by atoms with van der Waals surface area (Å²) in [5.41, 5.74) is 1.86. The first-order chi connectivity index (χ1) is 9.93. The number of amides is 1. The second-order valence-corrected chi connectivity index (χ2v) is 4.42. The van der Waals surface area contributed by atoms with Crippen molar-refractivity contribution in [3.05, 3.63) is 45.1 Å². The Bertz CT molecular complexity index is 708. The van der Waals surface area contributed by atoms with Gasteiger partial charge in [-0.15, -0.1) is 0 Å². The molecule has 0 radical (unpaired) electrons. The number of hydrogen-bond acceptors (Lipinski definition) is 6. The molecule has 1 heterocycles. The molecule has 110 valence electrons. The van der Waals surface area contributed by atoms with Crippen LogP contribution >= 0.6 is 0 Å². The van der Waals surface area contributed by atoms with Gasteiger partial charge < -0.3 is 9.84 Å². The molecule has 0 saturated carbocycles. The molecule has 0 aliphatic rings. The highest BCUT2D eigenvalue weighted by Gasteiger charge is 2.18. The molecule has 0 bridgehead atoms. The van der Waals surface area contributed by atoms with Gasteiger partial charge in [-0.05, 0) is 26.0 Å². The molecule has 1 aromatic heterocycles. The fraction of sp³-hybridized carbons (Fsp3) is 0.231. The van der Waals surface area contributed by atoms with E-state index in [9.17, 15) is 14.9 Å². The first-order valence-corrected chi connectivity index (χ1v) is 6.14. The summed E-state index contributed by atoms with van der Waals surface area (Å²) in [7, 11) is 1.55. The van der Waals surface area contributed by atoms with E-state index in [-0.39, 0.29) is 22.8 Å². The predicted octanol–water partition coefficient (Wildman–Crippen LogP) is 2.49. The fourth-order valence-corrected chi connectivity index (χ4v) is 1.74. The number of carbonyl (C=O) groups excluding carboxylic acids is 1. The van der Waals surface area contributed by atoms with E-state index < -0.39 is 10.8 Å². The second-order valence-electron chi connectivity index (χ2n) is 4.42. The number of anilines is 2. The number of nitro groups is 1. The van der Waals surface area contributed by atoms with Gasteiger partial charge in [0.25, 0.3) is 11.6 Å². The maximum Gasteiger partial charge on any atom is 0.292 e. The number of aromatic nitrogens is 1. The molecular weight excluding hydrogens is 276 g/mol. The summed E-state index contributed by atoms with van der Waals surface area (Å²) < 4.78 is 5.00. The highest BCUT2D eigenvalue weighted by atomic mass is 16.6. The van der Waals surface area contributed by atoms with Crippen LogP contribution in [0.1, 0.15) is 21.6 Å². The molecule has 1 aromatic carbocycles. The van der Waals surface area contributed by atoms with Gasteiger partial charge in [-0.25, -0.2) is 0 Å². The molecule has 0 unspecified atom stereocenters. The van der Waals surface area contributed by atoms with Gasteiger partial charge in [-0.3, -0.25) is 20.2 Å². The van der Waals surface area contributed by atoms with E-state index in [0.717, 1.165) is 5.56 Å². The number of rotatable bonds is 4. The van der Waals surface area contributed by atoms with Gasteiger partial charge in [0.15, 0.2) is 0 Å². The molecule has 0 aliphatic heterocycles. The number of carbonyl (C=O) groups is 1. The normalized spacial score (nSPS) is 10.2. The zero-order chi connectivity index (χ0) is 15.6. The molecule has 2 rings (SSSR count). The minimum Gasteiger partial charge on any atom is -0.383 e. The van der Waals surface area contributed by atoms with Crippen molar-refractivity contribution in [1.82, 2.24) is 5.16 Å². The molecule has 1 amide bonds. The standard InChI is InChI=1S/C13H14N4O4/c1-7-8(2)16-21-13(7)15-12(18)9-4-5-11(17(19)20)10(6-9)14-3/h4-6,14H,1-3H3,(H,15,18). The van der Waals surface area contributed by atoms with E-state index in [1.807, 2.05) is 0 Å². The van der Waals surface area contributed by atoms with Crippen molar-refractivity contribution in [1.29, 1.82) is 0 Å². The second kappa shape index (κ2) is 5.61. The van der Waals surface area contributed by atoms with Gasteiger partial charge in [0, 0.05) is 24.2 Å². The van der Waals surface area contributed by atoms with Crippen molar-refractivity contribution in [2.24, 2.45) is 0 Å². The van der Waals surface area contributed by atoms with E-state index in [2.05, 4.69) is 15.8 Å². The van der Waals surface area contributed by atoms with Gasteiger partial charge in [0.2, 0.25) is 5.88 Å². The van der Waals surface area contributed by atoms with Gasteiger partial charge in [-0.1, -0.05) is 5.16 Å². The number of aryl methyl sites for hydroxylation is 1. The molecular formula is C13H14N4O4. The average Bonchev–Trinajstić information content (AvgIpc) is 2.78. The van der Waals surface area contributed by atoms with E-state index in [1.165, 1.54) is 18.2 Å². The first kappa shape index (κ1) is 14.5. The molecule has 8 heteroatoms. The van der Waals surface area contributed by atoms with Crippen LogP contribution in [0.2, 0.25) is 0 Å². The van der Waals surface area contributed by atoms with Crippen molar-refractivity contribution in [2.45, 2.75) is 13.8 Å². The summed E-state index contributed by atoms with van der Waals surface area (Å²) in [5, 5.41) is 19.9. The Morgan fingerprint density at radius 1 is 1.38 bits per heavy atom. The maximum atomic E-state index is 12.1. The Kier molecular flexibility index (Phi) is 3.88. The third-order valence-corrected chi connectivity index (χ3v) is 3.11. The predicted molar refractivity (Wildman–Crippen MR) is 76.6 cm³/mol. The van der Waals surface area contributed by atoms with E-state index in [1.54, 1.807) is 20.9 Å². The summed E-state index contributed by atoms with van der Waals surface area (Å²) in [6.07, 6.45) is 0. The van der Waals surface area contributed by atoms with E-state index >= 15 is 0 Å². The monoisotopic (exact) mass is 290 g/mol. The van der Waals surface area contributed by atoms with Crippen LogP contribution in [0.3, 0.4) is 0 Å². The van der Waals surface area contributed by atoms with Gasteiger partial charge in [-0.2, -0.15) is 0 Å². The van der Waals surface area contributed by atoms with E-state index in [0.29, 0.717) is 5.69 Å². The van der Waals surface area contributed by atoms with Crippen LogP contribution in [-0.4, -0.2) is 23.0 Å². The SMILES string of the molecule is CNc1cc(C(=O)Nc2onc(C)c2C)ccc1[N+](=O)[O-]. The van der Waals surface area contributed by atoms with Crippen LogP contribution in [0.15, 0.2) is 22.7 Å². The lowest BCUT2D eigenvalue weighted by atomic mass is 10.1. The summed E-state index contributed by atoms with van der Waals surface area (Å²) in [6.45, 7) is 3.54. The molecule has 2 N–H and O–H groups in total. The third-order valence-electron chi connectivity index (χ3n) is 3.11. The van der Waals surface area contributed by atoms with Gasteiger partial charge in [0.1, 0.15) is 5.69 Å². The van der Waals surface area contributed by atoms with Crippen LogP contribution < -0.4 is 10.6 Å². The largest absolute Gasteiger partial charge is 0.383 e. The summed E-state index contributed by atoms with van der Waals surface area (Å²) >= 11 is 0. The van der Waals surface area contributed by atoms with Crippen LogP contribution in [0.5, 0.6) is 0 Å². The minimum atomic E-state index is -0.516. The van der Waals surface area contributed by atoms with Crippen LogP contribution in [-0.2, 0) is 0 Å². The van der Waals surface area contributed by atoms with Crippen molar-refractivity contribution in [3.63, 3.8) is 0 Å². The van der Waals surface area contributed by atoms with Crippen molar-refractivity contribution < 1.29 is 14.2 Å². The maximum absolute atomic E-state index is 12.1. The smallest absolute Gasteiger partial charge is 0.292 e. The molecule has 0 fully saturated rings. The zero-order valence-corrected chi connectivity index (χ0v) is 11.8. The van der Waals surface area contributed by atoms with Crippen molar-refractivity contribution in [3.8, 4) is 0 Å². The summed E-state index contributed by atoms with van der Waals surface area (Å²) in [4.78, 5) is 22.5. The lowest BCUT2D eigenvalue weighted by molar-refractivity contribution is -0.383. The zero-order valence-electron chi connectivity index (χ0n) is 11.8. The summed E-state index contributed by atoms with van der Waals surface area (Å²) in [5.74, 6) is -0.164. The Morgan fingerprint density at radius 3 is 2.62 bits per heavy atom. The number of nitrogens with zero attached hydrogens (tertiary/aromatic N) is 2. The Labute approximate surface area is 120 Å². The third kappa shape index (κ3) is 2.83. The average molecular weight is 290 g/mol. The minimum absolute atomic E-state index is 0.0965. The molecule has 0 atom stereocenters. The fourth-order valence-electron chi connectivity index (χ4n) is 1.74. The Morgan fingerprint density at radius 2 is 2.10 bits per heavy atom. The van der Waals surface area contributed by atoms with E-state index in [4.69, 9.17) is 4.52 Å². The quantitative estimate of drug-likeness (QED) is 0.661. The first-order valence-electron chi connectivity index (χ1n) is 6.14. The number of hydrogen-bond donors (Lipinski definition) is 2. The lowest BCUT2D eigenvalue weighted by Crippen LogP contribution is -2.12. The number of benzene rings is 1. The van der Waals surface area contributed by atoms with Gasteiger partial charge >= 0.3 is 0 Å². The Balaban J connectivity index is 2.27. The molecule has 0 spiro atoms. The number of nitrogens with one attached hydrogen (secondary N) is 2. The Hall–Kier alpha value is -2.90.